The highest BCUT2D eigenvalue weighted by atomic mass is 79.9. The molecule has 1 aromatic carbocycles. The van der Waals surface area contributed by atoms with E-state index in [0.29, 0.717) is 6.61 Å². The van der Waals surface area contributed by atoms with Gasteiger partial charge in [-0.25, -0.2) is 0 Å². The third-order valence-corrected chi connectivity index (χ3v) is 3.28. The minimum absolute atomic E-state index is 0.691. The molecule has 0 heterocycles. The van der Waals surface area contributed by atoms with Crippen LogP contribution in [-0.4, -0.2) is 19.7 Å². The standard InChI is InChI=1S/C15H24BrNO/c1-2-3-4-5-9-17-10-11-18-13-14-7-6-8-15(16)12-14/h6-8,12,17H,2-5,9-11,13H2,1H3. The Morgan fingerprint density at radius 1 is 1.17 bits per heavy atom. The van der Waals surface area contributed by atoms with Crippen molar-refractivity contribution in [3.8, 4) is 0 Å². The van der Waals surface area contributed by atoms with E-state index in [2.05, 4.69) is 40.3 Å². The van der Waals surface area contributed by atoms with Crippen molar-refractivity contribution in [1.82, 2.24) is 5.32 Å². The van der Waals surface area contributed by atoms with Crippen LogP contribution in [0.25, 0.3) is 0 Å². The van der Waals surface area contributed by atoms with Crippen LogP contribution in [0.15, 0.2) is 28.7 Å². The minimum atomic E-state index is 0.691. The van der Waals surface area contributed by atoms with Gasteiger partial charge in [0.05, 0.1) is 13.2 Å². The van der Waals surface area contributed by atoms with Crippen molar-refractivity contribution in [2.45, 2.75) is 39.2 Å². The SMILES string of the molecule is CCCCCCNCCOCc1cccc(Br)c1. The van der Waals surface area contributed by atoms with Crippen LogP contribution in [0.2, 0.25) is 0 Å². The predicted octanol–water partition coefficient (Wildman–Crippen LogP) is 4.14. The topological polar surface area (TPSA) is 21.3 Å². The maximum atomic E-state index is 5.62. The minimum Gasteiger partial charge on any atom is -0.375 e. The zero-order chi connectivity index (χ0) is 13.1. The third-order valence-electron chi connectivity index (χ3n) is 2.79. The van der Waals surface area contributed by atoms with Gasteiger partial charge in [0.2, 0.25) is 0 Å². The fourth-order valence-corrected chi connectivity index (χ4v) is 2.21. The van der Waals surface area contributed by atoms with E-state index >= 15 is 0 Å². The van der Waals surface area contributed by atoms with E-state index in [1.807, 2.05) is 12.1 Å². The highest BCUT2D eigenvalue weighted by Gasteiger charge is 1.94. The number of hydrogen-bond acceptors (Lipinski definition) is 2. The van der Waals surface area contributed by atoms with Gasteiger partial charge in [0.15, 0.2) is 0 Å². The molecule has 0 spiro atoms. The smallest absolute Gasteiger partial charge is 0.0717 e. The number of unbranched alkanes of at least 4 members (excludes halogenated alkanes) is 3. The normalized spacial score (nSPS) is 10.8. The Kier molecular flexibility index (Phi) is 9.17. The zero-order valence-corrected chi connectivity index (χ0v) is 12.8. The summed E-state index contributed by atoms with van der Waals surface area (Å²) in [5.41, 5.74) is 1.22. The maximum absolute atomic E-state index is 5.62. The molecule has 2 nitrogen and oxygen atoms in total. The second kappa shape index (κ2) is 10.5. The van der Waals surface area contributed by atoms with Gasteiger partial charge in [-0.05, 0) is 30.7 Å². The number of nitrogens with one attached hydrogen (secondary N) is 1. The molecule has 18 heavy (non-hydrogen) atoms. The molecule has 0 radical (unpaired) electrons. The lowest BCUT2D eigenvalue weighted by Gasteiger charge is -2.06. The molecule has 0 saturated heterocycles. The van der Waals surface area contributed by atoms with Gasteiger partial charge in [0, 0.05) is 11.0 Å². The number of halogens is 1. The Morgan fingerprint density at radius 2 is 2.06 bits per heavy atom. The average molecular weight is 314 g/mol. The first-order valence-corrected chi connectivity index (χ1v) is 7.65. The average Bonchev–Trinajstić information content (AvgIpc) is 2.37. The van der Waals surface area contributed by atoms with Crippen molar-refractivity contribution >= 4 is 15.9 Å². The number of hydrogen-bond donors (Lipinski definition) is 1. The van der Waals surface area contributed by atoms with Crippen LogP contribution in [0.1, 0.15) is 38.2 Å². The monoisotopic (exact) mass is 313 g/mol. The molecular weight excluding hydrogens is 290 g/mol. The number of benzene rings is 1. The van der Waals surface area contributed by atoms with E-state index in [0.717, 1.165) is 24.2 Å². The molecule has 0 aliphatic rings. The first kappa shape index (κ1) is 15.7. The van der Waals surface area contributed by atoms with Crippen LogP contribution >= 0.6 is 15.9 Å². The molecule has 1 N–H and O–H groups in total. The fraction of sp³-hybridized carbons (Fsp3) is 0.600. The molecule has 0 aromatic heterocycles. The quantitative estimate of drug-likeness (QED) is 0.656. The van der Waals surface area contributed by atoms with Crippen LogP contribution < -0.4 is 5.32 Å². The lowest BCUT2D eigenvalue weighted by Crippen LogP contribution is -2.20. The maximum Gasteiger partial charge on any atom is 0.0717 e. The summed E-state index contributed by atoms with van der Waals surface area (Å²) in [6.45, 7) is 5.76. The molecule has 0 amide bonds. The summed E-state index contributed by atoms with van der Waals surface area (Å²) in [6.07, 6.45) is 5.26. The van der Waals surface area contributed by atoms with Gasteiger partial charge >= 0.3 is 0 Å². The van der Waals surface area contributed by atoms with Gasteiger partial charge in [0.1, 0.15) is 0 Å². The van der Waals surface area contributed by atoms with E-state index in [9.17, 15) is 0 Å². The van der Waals surface area contributed by atoms with Gasteiger partial charge in [-0.15, -0.1) is 0 Å². The van der Waals surface area contributed by atoms with Crippen molar-refractivity contribution in [3.05, 3.63) is 34.3 Å². The molecule has 0 atom stereocenters. The first-order chi connectivity index (χ1) is 8.83. The summed E-state index contributed by atoms with van der Waals surface area (Å²) in [6, 6.07) is 8.25. The van der Waals surface area contributed by atoms with Gasteiger partial charge in [-0.3, -0.25) is 0 Å². The van der Waals surface area contributed by atoms with E-state index in [1.54, 1.807) is 0 Å². The first-order valence-electron chi connectivity index (χ1n) is 6.86. The summed E-state index contributed by atoms with van der Waals surface area (Å²) < 4.78 is 6.73. The Labute approximate surface area is 119 Å². The highest BCUT2D eigenvalue weighted by Crippen LogP contribution is 2.12. The molecule has 3 heteroatoms. The van der Waals surface area contributed by atoms with Crippen molar-refractivity contribution < 1.29 is 4.74 Å². The van der Waals surface area contributed by atoms with Crippen LogP contribution in [-0.2, 0) is 11.3 Å². The molecule has 0 aliphatic carbocycles. The zero-order valence-electron chi connectivity index (χ0n) is 11.3. The second-order valence-electron chi connectivity index (χ2n) is 4.49. The Balaban J connectivity index is 1.92. The van der Waals surface area contributed by atoms with Crippen LogP contribution in [0.4, 0.5) is 0 Å². The molecule has 0 aliphatic heterocycles. The van der Waals surface area contributed by atoms with E-state index in [-0.39, 0.29) is 0 Å². The van der Waals surface area contributed by atoms with Gasteiger partial charge in [-0.2, -0.15) is 0 Å². The Morgan fingerprint density at radius 3 is 2.83 bits per heavy atom. The number of ether oxygens (including phenoxy) is 1. The molecular formula is C15H24BrNO. The lowest BCUT2D eigenvalue weighted by atomic mass is 10.2. The largest absolute Gasteiger partial charge is 0.375 e. The van der Waals surface area contributed by atoms with Crippen molar-refractivity contribution in [1.29, 1.82) is 0 Å². The second-order valence-corrected chi connectivity index (χ2v) is 5.41. The fourth-order valence-electron chi connectivity index (χ4n) is 1.76. The highest BCUT2D eigenvalue weighted by molar-refractivity contribution is 9.10. The molecule has 102 valence electrons. The Bertz CT molecular complexity index is 317. The summed E-state index contributed by atoms with van der Waals surface area (Å²) in [5.74, 6) is 0. The van der Waals surface area contributed by atoms with Gasteiger partial charge in [-0.1, -0.05) is 54.2 Å². The summed E-state index contributed by atoms with van der Waals surface area (Å²) in [5, 5.41) is 3.41. The van der Waals surface area contributed by atoms with Crippen molar-refractivity contribution in [2.75, 3.05) is 19.7 Å². The van der Waals surface area contributed by atoms with Crippen molar-refractivity contribution in [2.24, 2.45) is 0 Å². The molecule has 0 unspecified atom stereocenters. The molecule has 1 rings (SSSR count). The molecule has 0 saturated carbocycles. The third kappa shape index (κ3) is 7.85. The van der Waals surface area contributed by atoms with E-state index in [4.69, 9.17) is 4.74 Å². The van der Waals surface area contributed by atoms with Crippen LogP contribution in [0, 0.1) is 0 Å². The predicted molar refractivity (Wildman–Crippen MR) is 80.8 cm³/mol. The summed E-state index contributed by atoms with van der Waals surface area (Å²) >= 11 is 3.46. The number of rotatable bonds is 10. The summed E-state index contributed by atoms with van der Waals surface area (Å²) in [7, 11) is 0. The van der Waals surface area contributed by atoms with Gasteiger partial charge in [0.25, 0.3) is 0 Å². The molecule has 0 bridgehead atoms. The lowest BCUT2D eigenvalue weighted by molar-refractivity contribution is 0.122. The summed E-state index contributed by atoms with van der Waals surface area (Å²) in [4.78, 5) is 0. The van der Waals surface area contributed by atoms with E-state index in [1.165, 1.54) is 31.2 Å². The van der Waals surface area contributed by atoms with Gasteiger partial charge < -0.3 is 10.1 Å². The van der Waals surface area contributed by atoms with Crippen LogP contribution in [0.5, 0.6) is 0 Å². The van der Waals surface area contributed by atoms with Crippen molar-refractivity contribution in [3.63, 3.8) is 0 Å². The van der Waals surface area contributed by atoms with Crippen LogP contribution in [0.3, 0.4) is 0 Å². The Hall–Kier alpha value is -0.380. The molecule has 0 fully saturated rings. The van der Waals surface area contributed by atoms with E-state index < -0.39 is 0 Å². The molecule has 1 aromatic rings.